The molecule has 0 bridgehead atoms. The lowest BCUT2D eigenvalue weighted by molar-refractivity contribution is -0.133. The van der Waals surface area contributed by atoms with E-state index in [-0.39, 0.29) is 29.9 Å². The Morgan fingerprint density at radius 3 is 2.94 bits per heavy atom. The molecule has 9 heteroatoms. The van der Waals surface area contributed by atoms with Crippen LogP contribution in [0.15, 0.2) is 40.9 Å². The molecule has 1 aromatic carbocycles. The minimum Gasteiger partial charge on any atom is -0.445 e. The van der Waals surface area contributed by atoms with E-state index in [0.29, 0.717) is 36.9 Å². The summed E-state index contributed by atoms with van der Waals surface area (Å²) in [4.78, 5) is 18.8. The number of halogens is 3. The highest BCUT2D eigenvalue weighted by Gasteiger charge is 2.29. The van der Waals surface area contributed by atoms with Crippen LogP contribution >= 0.6 is 0 Å². The minimum absolute atomic E-state index is 0.0760. The van der Waals surface area contributed by atoms with Crippen molar-refractivity contribution >= 4 is 5.91 Å². The fourth-order valence-corrected chi connectivity index (χ4v) is 3.94. The Morgan fingerprint density at radius 1 is 1.32 bits per heavy atom. The molecule has 4 rings (SSSR count). The third kappa shape index (κ3) is 4.98. The van der Waals surface area contributed by atoms with Gasteiger partial charge in [-0.25, -0.2) is 18.2 Å². The standard InChI is InChI=1S/C22H23F3N4O2/c1-14-8-19(21(24)25)29(27-14)13-20(30)28-7-3-5-16(12-28)22-26-11-18(31-22)10-15-4-2-6-17(23)9-15/h2,4,6,8-9,11,16,21H,3,5,7,10,12-13H2,1H3/t16-/m1/s1. The highest BCUT2D eigenvalue weighted by Crippen LogP contribution is 2.28. The molecule has 164 valence electrons. The van der Waals surface area contributed by atoms with E-state index in [2.05, 4.69) is 10.1 Å². The van der Waals surface area contributed by atoms with E-state index in [9.17, 15) is 18.0 Å². The van der Waals surface area contributed by atoms with Gasteiger partial charge in [0.2, 0.25) is 5.91 Å². The highest BCUT2D eigenvalue weighted by atomic mass is 19.3. The summed E-state index contributed by atoms with van der Waals surface area (Å²) in [6, 6.07) is 7.60. The molecule has 1 saturated heterocycles. The Balaban J connectivity index is 1.41. The maximum absolute atomic E-state index is 13.4. The van der Waals surface area contributed by atoms with Gasteiger partial charge in [0.15, 0.2) is 5.89 Å². The van der Waals surface area contributed by atoms with Gasteiger partial charge in [-0.15, -0.1) is 0 Å². The van der Waals surface area contributed by atoms with Crippen molar-refractivity contribution in [2.45, 2.75) is 45.1 Å². The van der Waals surface area contributed by atoms with Crippen molar-refractivity contribution in [1.82, 2.24) is 19.7 Å². The average molecular weight is 432 g/mol. The van der Waals surface area contributed by atoms with E-state index < -0.39 is 6.43 Å². The Bertz CT molecular complexity index is 1060. The highest BCUT2D eigenvalue weighted by molar-refractivity contribution is 5.76. The maximum Gasteiger partial charge on any atom is 0.280 e. The molecule has 0 aliphatic carbocycles. The summed E-state index contributed by atoms with van der Waals surface area (Å²) < 4.78 is 46.7. The van der Waals surface area contributed by atoms with E-state index >= 15 is 0 Å². The Labute approximate surface area is 177 Å². The summed E-state index contributed by atoms with van der Waals surface area (Å²) in [6.07, 6.45) is 0.939. The molecule has 2 aromatic heterocycles. The molecular formula is C22H23F3N4O2. The number of hydrogen-bond donors (Lipinski definition) is 0. The normalized spacial score (nSPS) is 16.8. The van der Waals surface area contributed by atoms with Gasteiger partial charge in [-0.3, -0.25) is 9.48 Å². The number of nitrogens with zero attached hydrogens (tertiary/aromatic N) is 4. The minimum atomic E-state index is -2.69. The van der Waals surface area contributed by atoms with E-state index in [0.717, 1.165) is 23.1 Å². The number of rotatable bonds is 6. The summed E-state index contributed by atoms with van der Waals surface area (Å²) in [6.45, 7) is 2.35. The molecule has 1 atom stereocenters. The largest absolute Gasteiger partial charge is 0.445 e. The molecule has 1 fully saturated rings. The smallest absolute Gasteiger partial charge is 0.280 e. The second-order valence-corrected chi connectivity index (χ2v) is 7.82. The van der Waals surface area contributed by atoms with Crippen LogP contribution in [0.4, 0.5) is 13.2 Å². The Morgan fingerprint density at radius 2 is 2.16 bits per heavy atom. The molecular weight excluding hydrogens is 409 g/mol. The van der Waals surface area contributed by atoms with Gasteiger partial charge in [0.05, 0.1) is 17.8 Å². The van der Waals surface area contributed by atoms with Crippen molar-refractivity contribution in [3.8, 4) is 0 Å². The number of piperidine rings is 1. The van der Waals surface area contributed by atoms with E-state index in [1.54, 1.807) is 24.1 Å². The molecule has 6 nitrogen and oxygen atoms in total. The number of oxazole rings is 1. The van der Waals surface area contributed by atoms with Crippen molar-refractivity contribution in [2.24, 2.45) is 0 Å². The van der Waals surface area contributed by atoms with Gasteiger partial charge in [-0.2, -0.15) is 5.10 Å². The first-order chi connectivity index (χ1) is 14.9. The molecule has 31 heavy (non-hydrogen) atoms. The van der Waals surface area contributed by atoms with Gasteiger partial charge in [0, 0.05) is 19.5 Å². The first-order valence-corrected chi connectivity index (χ1v) is 10.2. The van der Waals surface area contributed by atoms with E-state index in [1.807, 2.05) is 6.07 Å². The second kappa shape index (κ2) is 8.95. The molecule has 1 amide bonds. The van der Waals surface area contributed by atoms with Gasteiger partial charge in [0.1, 0.15) is 23.8 Å². The Hall–Kier alpha value is -3.10. The predicted molar refractivity (Wildman–Crippen MR) is 106 cm³/mol. The van der Waals surface area contributed by atoms with Crippen molar-refractivity contribution in [2.75, 3.05) is 13.1 Å². The van der Waals surface area contributed by atoms with Gasteiger partial charge in [-0.05, 0) is 43.5 Å². The first-order valence-electron chi connectivity index (χ1n) is 10.2. The molecule has 3 aromatic rings. The van der Waals surface area contributed by atoms with E-state index in [1.165, 1.54) is 18.2 Å². The maximum atomic E-state index is 13.4. The lowest BCUT2D eigenvalue weighted by atomic mass is 9.98. The van der Waals surface area contributed by atoms with Crippen LogP contribution in [-0.2, 0) is 17.8 Å². The van der Waals surface area contributed by atoms with Gasteiger partial charge < -0.3 is 9.32 Å². The number of amides is 1. The predicted octanol–water partition coefficient (Wildman–Crippen LogP) is 4.25. The fourth-order valence-electron chi connectivity index (χ4n) is 3.94. The molecule has 0 radical (unpaired) electrons. The Kier molecular flexibility index (Phi) is 6.11. The summed E-state index contributed by atoms with van der Waals surface area (Å²) in [5, 5.41) is 4.02. The number of carbonyl (C=O) groups is 1. The third-order valence-electron chi connectivity index (χ3n) is 5.40. The molecule has 0 saturated carbocycles. The van der Waals surface area contributed by atoms with Gasteiger partial charge >= 0.3 is 0 Å². The van der Waals surface area contributed by atoms with Crippen LogP contribution < -0.4 is 0 Å². The average Bonchev–Trinajstić information content (AvgIpc) is 3.34. The van der Waals surface area contributed by atoms with Crippen LogP contribution in [0.3, 0.4) is 0 Å². The van der Waals surface area contributed by atoms with Crippen molar-refractivity contribution < 1.29 is 22.4 Å². The number of alkyl halides is 2. The van der Waals surface area contributed by atoms with Crippen LogP contribution in [0, 0.1) is 12.7 Å². The number of aryl methyl sites for hydroxylation is 1. The summed E-state index contributed by atoms with van der Waals surface area (Å²) in [5.74, 6) is 0.514. The van der Waals surface area contributed by atoms with E-state index in [4.69, 9.17) is 4.42 Å². The van der Waals surface area contributed by atoms with Crippen molar-refractivity contribution in [1.29, 1.82) is 0 Å². The molecule has 3 heterocycles. The third-order valence-corrected chi connectivity index (χ3v) is 5.40. The summed E-state index contributed by atoms with van der Waals surface area (Å²) in [5.41, 5.74) is 0.979. The molecule has 0 spiro atoms. The monoisotopic (exact) mass is 432 g/mol. The van der Waals surface area contributed by atoms with Crippen LogP contribution in [0.2, 0.25) is 0 Å². The van der Waals surface area contributed by atoms with Crippen LogP contribution in [0.5, 0.6) is 0 Å². The zero-order valence-electron chi connectivity index (χ0n) is 17.1. The zero-order chi connectivity index (χ0) is 22.0. The number of likely N-dealkylation sites (tertiary alicyclic amines) is 1. The summed E-state index contributed by atoms with van der Waals surface area (Å²) in [7, 11) is 0. The number of aromatic nitrogens is 3. The van der Waals surface area contributed by atoms with Crippen molar-refractivity contribution in [3.63, 3.8) is 0 Å². The second-order valence-electron chi connectivity index (χ2n) is 7.82. The quantitative estimate of drug-likeness (QED) is 0.584. The molecule has 0 unspecified atom stereocenters. The number of carbonyl (C=O) groups excluding carboxylic acids is 1. The number of benzene rings is 1. The lowest BCUT2D eigenvalue weighted by Gasteiger charge is -2.31. The zero-order valence-corrected chi connectivity index (χ0v) is 17.1. The van der Waals surface area contributed by atoms with Crippen LogP contribution in [0.1, 0.15) is 53.8 Å². The fraction of sp³-hybridized carbons (Fsp3) is 0.409. The topological polar surface area (TPSA) is 64.2 Å². The SMILES string of the molecule is Cc1cc(C(F)F)n(CC(=O)N2CCC[C@@H](c3ncc(Cc4cccc(F)c4)o3)C2)n1. The summed E-state index contributed by atoms with van der Waals surface area (Å²) >= 11 is 0. The van der Waals surface area contributed by atoms with Gasteiger partial charge in [-0.1, -0.05) is 12.1 Å². The molecule has 0 N–H and O–H groups in total. The van der Waals surface area contributed by atoms with Crippen LogP contribution in [0.25, 0.3) is 0 Å². The number of hydrogen-bond acceptors (Lipinski definition) is 4. The van der Waals surface area contributed by atoms with Crippen LogP contribution in [-0.4, -0.2) is 38.7 Å². The molecule has 1 aliphatic rings. The molecule has 1 aliphatic heterocycles. The lowest BCUT2D eigenvalue weighted by Crippen LogP contribution is -2.41. The van der Waals surface area contributed by atoms with Gasteiger partial charge in [0.25, 0.3) is 6.43 Å². The first kappa shape index (κ1) is 21.1. The van der Waals surface area contributed by atoms with Crippen molar-refractivity contribution in [3.05, 3.63) is 70.9 Å².